The van der Waals surface area contributed by atoms with Crippen LogP contribution in [0.5, 0.6) is 0 Å². The van der Waals surface area contributed by atoms with Crippen molar-refractivity contribution in [2.45, 2.75) is 52.2 Å². The number of piperazine rings is 1. The quantitative estimate of drug-likeness (QED) is 0.729. The number of likely N-dealkylation sites (tertiary alicyclic amines) is 1. The molecule has 0 bridgehead atoms. The first-order chi connectivity index (χ1) is 13.2. The summed E-state index contributed by atoms with van der Waals surface area (Å²) < 4.78 is 5.81. The molecule has 150 valence electrons. The molecule has 0 aromatic heterocycles. The number of nitrogens with zero attached hydrogens (tertiary/aromatic N) is 3. The first kappa shape index (κ1) is 19.2. The maximum Gasteiger partial charge on any atom is 0.0586 e. The van der Waals surface area contributed by atoms with E-state index in [1.165, 1.54) is 69.7 Å². The van der Waals surface area contributed by atoms with Crippen LogP contribution in [-0.4, -0.2) is 68.3 Å². The van der Waals surface area contributed by atoms with Crippen LogP contribution in [0.2, 0.25) is 0 Å². The lowest BCUT2D eigenvalue weighted by Crippen LogP contribution is -2.47. The molecule has 4 nitrogen and oxygen atoms in total. The van der Waals surface area contributed by atoms with Crippen LogP contribution in [0.15, 0.2) is 24.3 Å². The lowest BCUT2D eigenvalue weighted by molar-refractivity contribution is -0.0718. The molecule has 1 saturated carbocycles. The van der Waals surface area contributed by atoms with Gasteiger partial charge in [-0.1, -0.05) is 25.1 Å². The third-order valence-electron chi connectivity index (χ3n) is 6.88. The molecule has 1 spiro atoms. The summed E-state index contributed by atoms with van der Waals surface area (Å²) in [4.78, 5) is 7.91. The topological polar surface area (TPSA) is 19.0 Å². The number of ether oxygens (including phenoxy) is 1. The summed E-state index contributed by atoms with van der Waals surface area (Å²) in [5, 5.41) is 0. The van der Waals surface area contributed by atoms with Gasteiger partial charge in [0.15, 0.2) is 0 Å². The maximum atomic E-state index is 5.81. The number of rotatable bonds is 7. The lowest BCUT2D eigenvalue weighted by atomic mass is 9.66. The second kappa shape index (κ2) is 8.50. The first-order valence-electron chi connectivity index (χ1n) is 11.1. The van der Waals surface area contributed by atoms with E-state index in [0.717, 1.165) is 26.2 Å². The predicted octanol–water partition coefficient (Wildman–Crippen LogP) is 3.61. The van der Waals surface area contributed by atoms with Crippen molar-refractivity contribution in [1.82, 2.24) is 9.80 Å². The summed E-state index contributed by atoms with van der Waals surface area (Å²) in [6, 6.07) is 9.11. The Morgan fingerprint density at radius 3 is 2.52 bits per heavy atom. The Kier molecular flexibility index (Phi) is 6.05. The zero-order valence-corrected chi connectivity index (χ0v) is 17.3. The predicted molar refractivity (Wildman–Crippen MR) is 112 cm³/mol. The Morgan fingerprint density at radius 1 is 1.00 bits per heavy atom. The second-order valence-corrected chi connectivity index (χ2v) is 8.90. The summed E-state index contributed by atoms with van der Waals surface area (Å²) >= 11 is 0. The fourth-order valence-electron chi connectivity index (χ4n) is 5.48. The summed E-state index contributed by atoms with van der Waals surface area (Å²) in [5.74, 6) is 0. The van der Waals surface area contributed by atoms with Crippen LogP contribution < -0.4 is 4.90 Å². The molecule has 0 unspecified atom stereocenters. The molecule has 2 heterocycles. The number of hydrogen-bond acceptors (Lipinski definition) is 4. The maximum absolute atomic E-state index is 5.81. The average Bonchev–Trinajstić information content (AvgIpc) is 3.07. The van der Waals surface area contributed by atoms with Gasteiger partial charge in [-0.25, -0.2) is 0 Å². The first-order valence-corrected chi connectivity index (χ1v) is 11.1. The van der Waals surface area contributed by atoms with E-state index in [9.17, 15) is 0 Å². The molecule has 0 atom stereocenters. The number of para-hydroxylation sites is 1. The molecule has 0 radical (unpaired) electrons. The van der Waals surface area contributed by atoms with Crippen LogP contribution in [0.3, 0.4) is 0 Å². The van der Waals surface area contributed by atoms with Gasteiger partial charge in [-0.15, -0.1) is 0 Å². The van der Waals surface area contributed by atoms with Crippen molar-refractivity contribution < 1.29 is 4.74 Å². The molecular formula is C23H37N3O. The van der Waals surface area contributed by atoms with Gasteiger partial charge in [0.25, 0.3) is 0 Å². The van der Waals surface area contributed by atoms with Gasteiger partial charge in [0.05, 0.1) is 6.10 Å². The Labute approximate surface area is 165 Å². The molecule has 2 aliphatic heterocycles. The van der Waals surface area contributed by atoms with Gasteiger partial charge in [-0.05, 0) is 62.7 Å². The number of anilines is 1. The smallest absolute Gasteiger partial charge is 0.0586 e. The van der Waals surface area contributed by atoms with Crippen molar-refractivity contribution in [3.8, 4) is 0 Å². The van der Waals surface area contributed by atoms with Gasteiger partial charge < -0.3 is 9.64 Å². The van der Waals surface area contributed by atoms with Gasteiger partial charge in [0.1, 0.15) is 0 Å². The van der Waals surface area contributed by atoms with Crippen LogP contribution in [0, 0.1) is 5.41 Å². The molecule has 4 rings (SSSR count). The molecule has 4 heteroatoms. The van der Waals surface area contributed by atoms with E-state index in [0.29, 0.717) is 11.5 Å². The highest BCUT2D eigenvalue weighted by Gasteiger charge is 2.48. The third kappa shape index (κ3) is 4.33. The van der Waals surface area contributed by atoms with Crippen LogP contribution in [0.4, 0.5) is 5.69 Å². The summed E-state index contributed by atoms with van der Waals surface area (Å²) in [6.45, 7) is 14.8. The van der Waals surface area contributed by atoms with Crippen molar-refractivity contribution in [2.24, 2.45) is 5.41 Å². The standard InChI is InChI=1S/C23H37N3O/c1-3-10-24-12-14-26(15-13-24)22-8-6-5-7-20(22)18-25-11-9-23(19-25)16-21(17-23)27-4-2/h5-8,21H,3-4,9-19H2,1-2H3. The minimum Gasteiger partial charge on any atom is -0.378 e. The number of benzene rings is 1. The van der Waals surface area contributed by atoms with E-state index in [2.05, 4.69) is 52.8 Å². The van der Waals surface area contributed by atoms with E-state index in [1.807, 2.05) is 0 Å². The largest absolute Gasteiger partial charge is 0.378 e. The summed E-state index contributed by atoms with van der Waals surface area (Å²) in [5.41, 5.74) is 3.54. The van der Waals surface area contributed by atoms with Crippen molar-refractivity contribution in [3.63, 3.8) is 0 Å². The normalized spacial score (nSPS) is 29.4. The zero-order chi connectivity index (χ0) is 18.7. The summed E-state index contributed by atoms with van der Waals surface area (Å²) in [7, 11) is 0. The van der Waals surface area contributed by atoms with Crippen LogP contribution in [-0.2, 0) is 11.3 Å². The van der Waals surface area contributed by atoms with Crippen molar-refractivity contribution in [2.75, 3.05) is 57.3 Å². The SMILES string of the molecule is CCCN1CCN(c2ccccc2CN2CCC3(CC(OCC)C3)C2)CC1. The van der Waals surface area contributed by atoms with Gasteiger partial charge >= 0.3 is 0 Å². The fourth-order valence-corrected chi connectivity index (χ4v) is 5.48. The van der Waals surface area contributed by atoms with Gasteiger partial charge in [0, 0.05) is 51.6 Å². The van der Waals surface area contributed by atoms with Gasteiger partial charge in [-0.3, -0.25) is 9.80 Å². The highest BCUT2D eigenvalue weighted by atomic mass is 16.5. The van der Waals surface area contributed by atoms with E-state index in [4.69, 9.17) is 4.74 Å². The van der Waals surface area contributed by atoms with E-state index < -0.39 is 0 Å². The van der Waals surface area contributed by atoms with Gasteiger partial charge in [0.2, 0.25) is 0 Å². The van der Waals surface area contributed by atoms with Crippen LogP contribution in [0.1, 0.15) is 45.1 Å². The monoisotopic (exact) mass is 371 g/mol. The van der Waals surface area contributed by atoms with Gasteiger partial charge in [-0.2, -0.15) is 0 Å². The fraction of sp³-hybridized carbons (Fsp3) is 0.739. The second-order valence-electron chi connectivity index (χ2n) is 8.90. The lowest BCUT2D eigenvalue weighted by Gasteiger charge is -2.45. The van der Waals surface area contributed by atoms with Crippen molar-refractivity contribution in [1.29, 1.82) is 0 Å². The Morgan fingerprint density at radius 2 is 1.78 bits per heavy atom. The Hall–Kier alpha value is -1.10. The van der Waals surface area contributed by atoms with Crippen LogP contribution >= 0.6 is 0 Å². The summed E-state index contributed by atoms with van der Waals surface area (Å²) in [6.07, 6.45) is 5.70. The van der Waals surface area contributed by atoms with Crippen LogP contribution in [0.25, 0.3) is 0 Å². The molecule has 1 aromatic carbocycles. The molecule has 1 aromatic rings. The molecule has 2 saturated heterocycles. The molecule has 0 N–H and O–H groups in total. The highest BCUT2D eigenvalue weighted by Crippen LogP contribution is 2.49. The highest BCUT2D eigenvalue weighted by molar-refractivity contribution is 5.54. The van der Waals surface area contributed by atoms with E-state index in [-0.39, 0.29) is 0 Å². The molecular weight excluding hydrogens is 334 g/mol. The van der Waals surface area contributed by atoms with E-state index >= 15 is 0 Å². The molecule has 0 amide bonds. The van der Waals surface area contributed by atoms with Crippen molar-refractivity contribution >= 4 is 5.69 Å². The molecule has 3 aliphatic rings. The third-order valence-corrected chi connectivity index (χ3v) is 6.88. The molecule has 3 fully saturated rings. The van der Waals surface area contributed by atoms with Crippen molar-refractivity contribution in [3.05, 3.63) is 29.8 Å². The number of hydrogen-bond donors (Lipinski definition) is 0. The molecule has 27 heavy (non-hydrogen) atoms. The minimum absolute atomic E-state index is 0.529. The minimum atomic E-state index is 0.529. The Bertz CT molecular complexity index is 605. The zero-order valence-electron chi connectivity index (χ0n) is 17.3. The Balaban J connectivity index is 1.34. The average molecular weight is 372 g/mol. The van der Waals surface area contributed by atoms with E-state index in [1.54, 1.807) is 0 Å². The molecule has 1 aliphatic carbocycles.